The first-order valence-corrected chi connectivity index (χ1v) is 8.32. The van der Waals surface area contributed by atoms with E-state index in [1.54, 1.807) is 0 Å². The fourth-order valence-corrected chi connectivity index (χ4v) is 4.36. The molecule has 3 atom stereocenters. The molecule has 2 aliphatic rings. The van der Waals surface area contributed by atoms with Gasteiger partial charge in [0, 0.05) is 42.1 Å². The van der Waals surface area contributed by atoms with Crippen LogP contribution in [0.3, 0.4) is 0 Å². The molecule has 1 aromatic heterocycles. The molecule has 4 heteroatoms. The van der Waals surface area contributed by atoms with Crippen molar-refractivity contribution in [1.29, 1.82) is 0 Å². The molecule has 1 saturated heterocycles. The smallest absolute Gasteiger partial charge is 0.221 e. The Morgan fingerprint density at radius 2 is 2.32 bits per heavy atom. The Morgan fingerprint density at radius 3 is 3.09 bits per heavy atom. The average Bonchev–Trinajstić information content (AvgIpc) is 2.87. The van der Waals surface area contributed by atoms with Gasteiger partial charge in [0.15, 0.2) is 0 Å². The fraction of sp³-hybridized carbons (Fsp3) is 0.500. The third kappa shape index (κ3) is 1.97. The van der Waals surface area contributed by atoms with E-state index in [1.807, 2.05) is 0 Å². The molecule has 3 N–H and O–H groups in total. The lowest BCUT2D eigenvalue weighted by molar-refractivity contribution is -0.122. The van der Waals surface area contributed by atoms with Gasteiger partial charge >= 0.3 is 0 Å². The second-order valence-corrected chi connectivity index (χ2v) is 6.75. The van der Waals surface area contributed by atoms with Crippen LogP contribution in [-0.4, -0.2) is 23.1 Å². The van der Waals surface area contributed by atoms with Gasteiger partial charge in [-0.25, -0.2) is 0 Å². The van der Waals surface area contributed by atoms with Gasteiger partial charge in [0.05, 0.1) is 5.92 Å². The van der Waals surface area contributed by atoms with Gasteiger partial charge in [0.25, 0.3) is 0 Å². The number of nitrogens with zero attached hydrogens (tertiary/aromatic N) is 1. The number of amides is 1. The summed E-state index contributed by atoms with van der Waals surface area (Å²) in [6.45, 7) is 4.00. The van der Waals surface area contributed by atoms with Crippen LogP contribution < -0.4 is 11.1 Å². The summed E-state index contributed by atoms with van der Waals surface area (Å²) in [5.41, 5.74) is 9.73. The number of nitrogens with one attached hydrogen (secondary N) is 1. The van der Waals surface area contributed by atoms with E-state index in [1.165, 1.54) is 22.0 Å². The van der Waals surface area contributed by atoms with Crippen LogP contribution in [0.1, 0.15) is 36.8 Å². The van der Waals surface area contributed by atoms with Crippen molar-refractivity contribution in [3.05, 3.63) is 35.5 Å². The first kappa shape index (κ1) is 13.8. The molecule has 1 fully saturated rings. The van der Waals surface area contributed by atoms with Crippen molar-refractivity contribution in [2.75, 3.05) is 6.54 Å². The number of nitrogens with two attached hydrogens (primary N) is 1. The highest BCUT2D eigenvalue weighted by Crippen LogP contribution is 2.42. The minimum Gasteiger partial charge on any atom is -0.369 e. The SMILES string of the molecule is CCCn1cc2c3c(cccc31)[C@H]1CC(C(N)=O)CN[C@@H]1C2. The van der Waals surface area contributed by atoms with Crippen LogP contribution in [0.25, 0.3) is 10.9 Å². The van der Waals surface area contributed by atoms with Crippen molar-refractivity contribution in [3.63, 3.8) is 0 Å². The maximum Gasteiger partial charge on any atom is 0.221 e. The predicted molar refractivity (Wildman–Crippen MR) is 87.8 cm³/mol. The molecule has 1 unspecified atom stereocenters. The molecule has 116 valence electrons. The highest BCUT2D eigenvalue weighted by molar-refractivity contribution is 5.89. The van der Waals surface area contributed by atoms with E-state index in [0.717, 1.165) is 32.4 Å². The van der Waals surface area contributed by atoms with Crippen molar-refractivity contribution in [3.8, 4) is 0 Å². The molecule has 0 bridgehead atoms. The summed E-state index contributed by atoms with van der Waals surface area (Å²) in [4.78, 5) is 11.6. The molecular formula is C18H23N3O. The quantitative estimate of drug-likeness (QED) is 0.912. The number of primary amides is 1. The van der Waals surface area contributed by atoms with Gasteiger partial charge in [-0.1, -0.05) is 19.1 Å². The van der Waals surface area contributed by atoms with E-state index in [2.05, 4.69) is 41.2 Å². The number of fused-ring (bicyclic) bond motifs is 2. The molecule has 1 aliphatic carbocycles. The Morgan fingerprint density at radius 1 is 1.45 bits per heavy atom. The zero-order valence-corrected chi connectivity index (χ0v) is 13.0. The van der Waals surface area contributed by atoms with E-state index in [9.17, 15) is 4.79 Å². The molecule has 1 aliphatic heterocycles. The first-order chi connectivity index (χ1) is 10.7. The number of piperidine rings is 1. The van der Waals surface area contributed by atoms with Crippen LogP contribution in [-0.2, 0) is 17.8 Å². The Labute approximate surface area is 130 Å². The summed E-state index contributed by atoms with van der Waals surface area (Å²) < 4.78 is 2.39. The number of hydrogen-bond donors (Lipinski definition) is 2. The van der Waals surface area contributed by atoms with Crippen molar-refractivity contribution < 1.29 is 4.79 Å². The van der Waals surface area contributed by atoms with Crippen molar-refractivity contribution >= 4 is 16.8 Å². The fourth-order valence-electron chi connectivity index (χ4n) is 4.36. The largest absolute Gasteiger partial charge is 0.369 e. The van der Waals surface area contributed by atoms with Gasteiger partial charge in [0.2, 0.25) is 5.91 Å². The number of aromatic nitrogens is 1. The molecule has 0 radical (unpaired) electrons. The Hall–Kier alpha value is -1.81. The number of carbonyl (C=O) groups is 1. The zero-order chi connectivity index (χ0) is 15.3. The molecule has 2 aromatic rings. The second-order valence-electron chi connectivity index (χ2n) is 6.75. The number of aryl methyl sites for hydroxylation is 1. The third-order valence-electron chi connectivity index (χ3n) is 5.37. The van der Waals surface area contributed by atoms with Crippen LogP contribution in [0.4, 0.5) is 0 Å². The molecule has 1 aromatic carbocycles. The normalized spacial score (nSPS) is 26.9. The van der Waals surface area contributed by atoms with Gasteiger partial charge < -0.3 is 15.6 Å². The number of hydrogen-bond acceptors (Lipinski definition) is 2. The van der Waals surface area contributed by atoms with Gasteiger partial charge in [-0.15, -0.1) is 0 Å². The Balaban J connectivity index is 1.81. The maximum absolute atomic E-state index is 11.6. The van der Waals surface area contributed by atoms with Crippen LogP contribution in [0.2, 0.25) is 0 Å². The number of rotatable bonds is 3. The summed E-state index contributed by atoms with van der Waals surface area (Å²) in [5.74, 6) is 0.184. The van der Waals surface area contributed by atoms with Crippen molar-refractivity contribution in [2.45, 2.75) is 44.7 Å². The van der Waals surface area contributed by atoms with E-state index < -0.39 is 0 Å². The molecule has 4 nitrogen and oxygen atoms in total. The zero-order valence-electron chi connectivity index (χ0n) is 13.0. The first-order valence-electron chi connectivity index (χ1n) is 8.32. The van der Waals surface area contributed by atoms with E-state index >= 15 is 0 Å². The van der Waals surface area contributed by atoms with Crippen LogP contribution in [0, 0.1) is 5.92 Å². The molecular weight excluding hydrogens is 274 g/mol. The molecule has 22 heavy (non-hydrogen) atoms. The maximum atomic E-state index is 11.6. The molecule has 4 rings (SSSR count). The predicted octanol–water partition coefficient (Wildman–Crippen LogP) is 2.15. The van der Waals surface area contributed by atoms with Crippen LogP contribution in [0.5, 0.6) is 0 Å². The monoisotopic (exact) mass is 297 g/mol. The minimum atomic E-state index is -0.174. The summed E-state index contributed by atoms with van der Waals surface area (Å²) in [6.07, 6.45) is 5.41. The number of benzene rings is 1. The lowest BCUT2D eigenvalue weighted by Gasteiger charge is -2.39. The van der Waals surface area contributed by atoms with E-state index in [4.69, 9.17) is 5.73 Å². The summed E-state index contributed by atoms with van der Waals surface area (Å²) in [7, 11) is 0. The second kappa shape index (κ2) is 5.13. The average molecular weight is 297 g/mol. The van der Waals surface area contributed by atoms with Crippen LogP contribution >= 0.6 is 0 Å². The molecule has 0 saturated carbocycles. The van der Waals surface area contributed by atoms with Crippen LogP contribution in [0.15, 0.2) is 24.4 Å². The van der Waals surface area contributed by atoms with Crippen molar-refractivity contribution in [1.82, 2.24) is 9.88 Å². The van der Waals surface area contributed by atoms with Gasteiger partial charge in [-0.3, -0.25) is 4.79 Å². The lowest BCUT2D eigenvalue weighted by Crippen LogP contribution is -2.49. The molecule has 1 amide bonds. The summed E-state index contributed by atoms with van der Waals surface area (Å²) in [5, 5.41) is 4.99. The molecule has 2 heterocycles. The lowest BCUT2D eigenvalue weighted by atomic mass is 9.73. The summed E-state index contributed by atoms with van der Waals surface area (Å²) in [6, 6.07) is 7.06. The molecule has 0 spiro atoms. The Kier molecular flexibility index (Phi) is 3.22. The van der Waals surface area contributed by atoms with Gasteiger partial charge in [-0.05, 0) is 36.5 Å². The topological polar surface area (TPSA) is 60.0 Å². The third-order valence-corrected chi connectivity index (χ3v) is 5.37. The number of carbonyl (C=O) groups excluding carboxylic acids is 1. The highest BCUT2D eigenvalue weighted by Gasteiger charge is 2.38. The Bertz CT molecular complexity index is 733. The van der Waals surface area contributed by atoms with E-state index in [0.29, 0.717) is 12.0 Å². The van der Waals surface area contributed by atoms with Gasteiger partial charge in [-0.2, -0.15) is 0 Å². The minimum absolute atomic E-state index is 0.0456. The summed E-state index contributed by atoms with van der Waals surface area (Å²) >= 11 is 0. The van der Waals surface area contributed by atoms with Crippen molar-refractivity contribution in [2.24, 2.45) is 11.7 Å². The highest BCUT2D eigenvalue weighted by atomic mass is 16.1. The van der Waals surface area contributed by atoms with Gasteiger partial charge in [0.1, 0.15) is 0 Å². The van der Waals surface area contributed by atoms with E-state index in [-0.39, 0.29) is 11.8 Å². The standard InChI is InChI=1S/C18H23N3O/c1-2-6-21-10-12-8-15-14(7-11(9-20-15)18(19)22)13-4-3-5-16(21)17(12)13/h3-5,10-11,14-15,20H,2,6-9H2,1H3,(H2,19,22)/t11?,14-,15-/m1/s1.